The topological polar surface area (TPSA) is 46.5 Å². The maximum atomic E-state index is 11.9. The van der Waals surface area contributed by atoms with Crippen LogP contribution in [0.4, 0.5) is 13.2 Å². The summed E-state index contributed by atoms with van der Waals surface area (Å²) in [4.78, 5) is 10.7. The molecule has 0 saturated carbocycles. The first kappa shape index (κ1) is 18.2. The Morgan fingerprint density at radius 2 is 1.63 bits per heavy atom. The quantitative estimate of drug-likeness (QED) is 0.579. The highest BCUT2D eigenvalue weighted by atomic mass is 19.4. The van der Waals surface area contributed by atoms with Gasteiger partial charge < -0.3 is 9.84 Å². The largest absolute Gasteiger partial charge is 0.479 e. The molecule has 0 aromatic heterocycles. The van der Waals surface area contributed by atoms with Crippen molar-refractivity contribution < 1.29 is 27.8 Å². The van der Waals surface area contributed by atoms with Crippen molar-refractivity contribution in [2.45, 2.75) is 70.6 Å². The zero-order valence-electron chi connectivity index (χ0n) is 11.3. The molecule has 1 N–H and O–H groups in total. The van der Waals surface area contributed by atoms with Crippen LogP contribution in [0.1, 0.15) is 58.3 Å². The van der Waals surface area contributed by atoms with Gasteiger partial charge in [0.2, 0.25) is 0 Å². The number of carboxylic acids is 1. The Bertz CT molecular complexity index is 242. The van der Waals surface area contributed by atoms with E-state index in [1.807, 2.05) is 0 Å². The number of carboxylic acid groups (broad SMARTS) is 1. The van der Waals surface area contributed by atoms with Gasteiger partial charge in [-0.05, 0) is 6.42 Å². The predicted molar refractivity (Wildman–Crippen MR) is 66.0 cm³/mol. The van der Waals surface area contributed by atoms with Gasteiger partial charge in [-0.3, -0.25) is 0 Å². The zero-order valence-corrected chi connectivity index (χ0v) is 11.3. The van der Waals surface area contributed by atoms with E-state index in [9.17, 15) is 18.0 Å². The fraction of sp³-hybridized carbons (Fsp3) is 0.923. The first-order valence-electron chi connectivity index (χ1n) is 6.78. The molecule has 3 nitrogen and oxygen atoms in total. The molecule has 0 fully saturated rings. The molecular weight excluding hydrogens is 261 g/mol. The summed E-state index contributed by atoms with van der Waals surface area (Å²) < 4.78 is 40.2. The van der Waals surface area contributed by atoms with E-state index in [2.05, 4.69) is 11.7 Å². The Morgan fingerprint density at radius 1 is 1.11 bits per heavy atom. The highest BCUT2D eigenvalue weighted by molar-refractivity contribution is 5.72. The fourth-order valence-corrected chi connectivity index (χ4v) is 1.76. The van der Waals surface area contributed by atoms with Gasteiger partial charge in [0.25, 0.3) is 0 Å². The van der Waals surface area contributed by atoms with E-state index >= 15 is 0 Å². The first-order valence-corrected chi connectivity index (χ1v) is 6.78. The van der Waals surface area contributed by atoms with Crippen molar-refractivity contribution >= 4 is 5.97 Å². The van der Waals surface area contributed by atoms with Gasteiger partial charge in [-0.25, -0.2) is 4.79 Å². The number of hydrogen-bond acceptors (Lipinski definition) is 2. The molecule has 1 atom stereocenters. The minimum Gasteiger partial charge on any atom is -0.479 e. The molecule has 0 spiro atoms. The number of halogens is 3. The lowest BCUT2D eigenvalue weighted by Crippen LogP contribution is -2.29. The molecule has 0 aliphatic rings. The number of ether oxygens (including phenoxy) is 1. The molecule has 19 heavy (non-hydrogen) atoms. The monoisotopic (exact) mass is 284 g/mol. The lowest BCUT2D eigenvalue weighted by Gasteiger charge is -2.14. The first-order chi connectivity index (χ1) is 8.87. The third-order valence-electron chi connectivity index (χ3n) is 2.79. The molecule has 0 bridgehead atoms. The summed E-state index contributed by atoms with van der Waals surface area (Å²) in [7, 11) is 0. The van der Waals surface area contributed by atoms with E-state index in [-0.39, 0.29) is 6.42 Å². The molecule has 0 aliphatic carbocycles. The summed E-state index contributed by atoms with van der Waals surface area (Å²) in [6.07, 6.45) is 1.32. The van der Waals surface area contributed by atoms with Gasteiger partial charge in [-0.2, -0.15) is 13.2 Å². The average Bonchev–Trinajstić information content (AvgIpc) is 2.30. The standard InChI is InChI=1S/C13H23F3O3/c1-2-3-4-5-6-7-8-9-11(12(17)18)19-10-13(14,15)16/h11H,2-10H2,1H3,(H,17,18). The van der Waals surface area contributed by atoms with Crippen LogP contribution in [0.15, 0.2) is 0 Å². The highest BCUT2D eigenvalue weighted by Crippen LogP contribution is 2.18. The molecule has 6 heteroatoms. The second kappa shape index (κ2) is 10.1. The molecule has 1 unspecified atom stereocenters. The molecule has 0 amide bonds. The molecule has 0 heterocycles. The lowest BCUT2D eigenvalue weighted by molar-refractivity contribution is -0.193. The van der Waals surface area contributed by atoms with Crippen molar-refractivity contribution in [3.8, 4) is 0 Å². The summed E-state index contributed by atoms with van der Waals surface area (Å²) in [6.45, 7) is 0.621. The van der Waals surface area contributed by atoms with Crippen LogP contribution < -0.4 is 0 Å². The van der Waals surface area contributed by atoms with Crippen LogP contribution in [0, 0.1) is 0 Å². The Kier molecular flexibility index (Phi) is 9.65. The number of hydrogen-bond donors (Lipinski definition) is 1. The number of alkyl halides is 3. The molecular formula is C13H23F3O3. The van der Waals surface area contributed by atoms with Crippen LogP contribution >= 0.6 is 0 Å². The van der Waals surface area contributed by atoms with E-state index in [0.29, 0.717) is 6.42 Å². The molecule has 0 rings (SSSR count). The maximum Gasteiger partial charge on any atom is 0.411 e. The summed E-state index contributed by atoms with van der Waals surface area (Å²) in [5, 5.41) is 8.75. The summed E-state index contributed by atoms with van der Waals surface area (Å²) >= 11 is 0. The van der Waals surface area contributed by atoms with Crippen molar-refractivity contribution in [2.24, 2.45) is 0 Å². The third-order valence-corrected chi connectivity index (χ3v) is 2.79. The Hall–Kier alpha value is -0.780. The summed E-state index contributed by atoms with van der Waals surface area (Å²) in [5.74, 6) is -1.32. The fourth-order valence-electron chi connectivity index (χ4n) is 1.76. The maximum absolute atomic E-state index is 11.9. The van der Waals surface area contributed by atoms with Gasteiger partial charge in [0, 0.05) is 0 Å². The van der Waals surface area contributed by atoms with Gasteiger partial charge in [-0.1, -0.05) is 51.9 Å². The SMILES string of the molecule is CCCCCCCCCC(OCC(F)(F)F)C(=O)O. The van der Waals surface area contributed by atoms with Crippen LogP contribution in [-0.4, -0.2) is 30.0 Å². The van der Waals surface area contributed by atoms with Gasteiger partial charge in [0.1, 0.15) is 6.61 Å². The number of unbranched alkanes of at least 4 members (excludes halogenated alkanes) is 6. The molecule has 0 aromatic rings. The Morgan fingerprint density at radius 3 is 2.11 bits per heavy atom. The van der Waals surface area contributed by atoms with Crippen molar-refractivity contribution in [1.29, 1.82) is 0 Å². The second-order valence-corrected chi connectivity index (χ2v) is 4.66. The van der Waals surface area contributed by atoms with E-state index in [0.717, 1.165) is 32.1 Å². The minimum atomic E-state index is -4.48. The highest BCUT2D eigenvalue weighted by Gasteiger charge is 2.31. The minimum absolute atomic E-state index is 0.138. The Balaban J connectivity index is 3.69. The van der Waals surface area contributed by atoms with Gasteiger partial charge >= 0.3 is 12.1 Å². The lowest BCUT2D eigenvalue weighted by atomic mass is 10.1. The number of aliphatic carboxylic acids is 1. The third kappa shape index (κ3) is 12.0. The van der Waals surface area contributed by atoms with Crippen LogP contribution in [0.5, 0.6) is 0 Å². The van der Waals surface area contributed by atoms with Crippen LogP contribution in [0.2, 0.25) is 0 Å². The van der Waals surface area contributed by atoms with E-state index in [1.54, 1.807) is 0 Å². The molecule has 114 valence electrons. The zero-order chi connectivity index (χ0) is 14.7. The van der Waals surface area contributed by atoms with Crippen molar-refractivity contribution in [1.82, 2.24) is 0 Å². The van der Waals surface area contributed by atoms with Crippen molar-refractivity contribution in [3.05, 3.63) is 0 Å². The van der Waals surface area contributed by atoms with E-state index < -0.39 is 24.9 Å². The molecule has 0 aliphatic heterocycles. The smallest absolute Gasteiger partial charge is 0.411 e. The number of carbonyl (C=O) groups is 1. The predicted octanol–water partition coefficient (Wildman–Crippen LogP) is 4.16. The van der Waals surface area contributed by atoms with Crippen LogP contribution in [0.25, 0.3) is 0 Å². The van der Waals surface area contributed by atoms with Gasteiger partial charge in [-0.15, -0.1) is 0 Å². The number of rotatable bonds is 11. The van der Waals surface area contributed by atoms with E-state index in [1.165, 1.54) is 6.42 Å². The van der Waals surface area contributed by atoms with Gasteiger partial charge in [0.15, 0.2) is 6.10 Å². The van der Waals surface area contributed by atoms with E-state index in [4.69, 9.17) is 5.11 Å². The molecule has 0 radical (unpaired) electrons. The van der Waals surface area contributed by atoms with Gasteiger partial charge in [0.05, 0.1) is 0 Å². The summed E-state index contributed by atoms with van der Waals surface area (Å²) in [6, 6.07) is 0. The van der Waals surface area contributed by atoms with Crippen LogP contribution in [-0.2, 0) is 9.53 Å². The average molecular weight is 284 g/mol. The molecule has 0 aromatic carbocycles. The van der Waals surface area contributed by atoms with Crippen LogP contribution in [0.3, 0.4) is 0 Å². The second-order valence-electron chi connectivity index (χ2n) is 4.66. The Labute approximate surface area is 112 Å². The van der Waals surface area contributed by atoms with Crippen molar-refractivity contribution in [3.63, 3.8) is 0 Å². The summed E-state index contributed by atoms with van der Waals surface area (Å²) in [5.41, 5.74) is 0. The molecule has 0 saturated heterocycles. The normalized spacial score (nSPS) is 13.5. The van der Waals surface area contributed by atoms with Crippen molar-refractivity contribution in [2.75, 3.05) is 6.61 Å².